The fourth-order valence-corrected chi connectivity index (χ4v) is 6.14. The molecule has 0 aliphatic carbocycles. The fourth-order valence-electron chi connectivity index (χ4n) is 6.14. The van der Waals surface area contributed by atoms with Gasteiger partial charge in [0, 0.05) is 17.3 Å². The Kier molecular flexibility index (Phi) is 6.93. The van der Waals surface area contributed by atoms with Crippen LogP contribution in [0.3, 0.4) is 0 Å². The Bertz CT molecular complexity index is 2100. The zero-order valence-corrected chi connectivity index (χ0v) is 24.6. The summed E-state index contributed by atoms with van der Waals surface area (Å²) in [4.78, 5) is 14.5. The molecule has 2 aliphatic heterocycles. The van der Waals surface area contributed by atoms with Crippen molar-refractivity contribution in [2.45, 2.75) is 12.2 Å². The molecule has 2 atom stereocenters. The Hall–Kier alpha value is -5.87. The molecule has 2 unspecified atom stereocenters. The maximum atomic E-state index is 5.06. The first-order chi connectivity index (χ1) is 22.3. The number of benzene rings is 6. The van der Waals surface area contributed by atoms with E-state index in [4.69, 9.17) is 9.98 Å². The van der Waals surface area contributed by atoms with Crippen LogP contribution in [0.25, 0.3) is 33.0 Å². The topological polar surface area (TPSA) is 49.1 Å². The molecule has 0 amide bonds. The zero-order chi connectivity index (χ0) is 30.0. The summed E-state index contributed by atoms with van der Waals surface area (Å²) in [5, 5.41) is 6.04. The summed E-state index contributed by atoms with van der Waals surface area (Å²) in [7, 11) is 0. The maximum absolute atomic E-state index is 5.06. The van der Waals surface area contributed by atoms with Crippen LogP contribution in [0.1, 0.15) is 34.5 Å². The van der Waals surface area contributed by atoms with Crippen molar-refractivity contribution in [3.8, 4) is 22.3 Å². The summed E-state index contributed by atoms with van der Waals surface area (Å²) in [5.41, 5.74) is 9.08. The van der Waals surface area contributed by atoms with Gasteiger partial charge in [0.15, 0.2) is 5.84 Å². The maximum Gasteiger partial charge on any atom is 0.159 e. The fraction of sp³-hybridized carbons (Fsp3) is 0.0488. The molecule has 4 nitrogen and oxygen atoms in total. The molecule has 6 aromatic rings. The first-order valence-electron chi connectivity index (χ1n) is 15.3. The van der Waals surface area contributed by atoms with E-state index in [9.17, 15) is 0 Å². The van der Waals surface area contributed by atoms with E-state index in [-0.39, 0.29) is 12.2 Å². The van der Waals surface area contributed by atoms with E-state index in [1.807, 2.05) is 48.7 Å². The smallest absolute Gasteiger partial charge is 0.159 e. The van der Waals surface area contributed by atoms with E-state index in [1.165, 1.54) is 33.0 Å². The Morgan fingerprint density at radius 3 is 1.93 bits per heavy atom. The van der Waals surface area contributed by atoms with E-state index >= 15 is 0 Å². The van der Waals surface area contributed by atoms with Crippen molar-refractivity contribution >= 4 is 28.7 Å². The van der Waals surface area contributed by atoms with Gasteiger partial charge in [0.05, 0.1) is 6.04 Å². The lowest BCUT2D eigenvalue weighted by Crippen LogP contribution is -2.33. The van der Waals surface area contributed by atoms with Crippen molar-refractivity contribution < 1.29 is 0 Å². The van der Waals surface area contributed by atoms with Crippen LogP contribution in [0.4, 0.5) is 0 Å². The molecule has 8 rings (SSSR count). The third-order valence-electron chi connectivity index (χ3n) is 8.46. The average Bonchev–Trinajstić information content (AvgIpc) is 3.67. The molecular weight excluding hydrogens is 548 g/mol. The van der Waals surface area contributed by atoms with Gasteiger partial charge in [0.2, 0.25) is 0 Å². The normalized spacial score (nSPS) is 17.2. The van der Waals surface area contributed by atoms with Gasteiger partial charge in [0.1, 0.15) is 12.0 Å². The SMILES string of the molecule is C1=CC(c2ccc(-c3ccc4ccccc4c3-c3ccc(C4N=C(c5ccccc5)N=C(c5ccccc5)N4)cc3)cc2)N=C1. The van der Waals surface area contributed by atoms with Crippen molar-refractivity contribution in [1.29, 1.82) is 0 Å². The second-order valence-corrected chi connectivity index (χ2v) is 11.3. The molecule has 0 radical (unpaired) electrons. The van der Waals surface area contributed by atoms with Crippen LogP contribution in [0.5, 0.6) is 0 Å². The van der Waals surface area contributed by atoms with Gasteiger partial charge in [0.25, 0.3) is 0 Å². The van der Waals surface area contributed by atoms with Crippen molar-refractivity contribution in [3.05, 3.63) is 180 Å². The largest absolute Gasteiger partial charge is 0.344 e. The Labute approximate surface area is 262 Å². The van der Waals surface area contributed by atoms with Crippen LogP contribution in [-0.4, -0.2) is 17.9 Å². The molecule has 214 valence electrons. The molecule has 4 heteroatoms. The predicted molar refractivity (Wildman–Crippen MR) is 187 cm³/mol. The molecule has 6 aromatic carbocycles. The Morgan fingerprint density at radius 2 is 1.20 bits per heavy atom. The second kappa shape index (κ2) is 11.7. The predicted octanol–water partition coefficient (Wildman–Crippen LogP) is 9.35. The summed E-state index contributed by atoms with van der Waals surface area (Å²) in [5.74, 6) is 1.54. The number of amidine groups is 2. The van der Waals surface area contributed by atoms with Crippen molar-refractivity contribution in [3.63, 3.8) is 0 Å². The van der Waals surface area contributed by atoms with Crippen LogP contribution in [0, 0.1) is 0 Å². The van der Waals surface area contributed by atoms with Gasteiger partial charge in [-0.1, -0.05) is 152 Å². The molecule has 0 fully saturated rings. The third kappa shape index (κ3) is 5.28. The van der Waals surface area contributed by atoms with Crippen LogP contribution < -0.4 is 5.32 Å². The minimum atomic E-state index is -0.270. The molecule has 45 heavy (non-hydrogen) atoms. The first-order valence-corrected chi connectivity index (χ1v) is 15.3. The lowest BCUT2D eigenvalue weighted by Gasteiger charge is -2.24. The Balaban J connectivity index is 1.18. The van der Waals surface area contributed by atoms with Gasteiger partial charge in [-0.2, -0.15) is 0 Å². The number of allylic oxidation sites excluding steroid dienone is 1. The standard InChI is InChI=1S/C41H30N4/c1-3-11-32(12-4-1)39-43-40(33-13-5-2-6-14-33)45-41(44-39)34-23-21-31(22-24-34)38-35-15-8-7-10-28(35)25-26-36(38)29-17-19-30(20-18-29)37-16-9-27-42-37/h1-27,37,41H,(H,43,44,45). The van der Waals surface area contributed by atoms with Gasteiger partial charge >= 0.3 is 0 Å². The minimum absolute atomic E-state index is 0.105. The molecule has 0 aromatic heterocycles. The van der Waals surface area contributed by atoms with Crippen LogP contribution in [0.2, 0.25) is 0 Å². The third-order valence-corrected chi connectivity index (χ3v) is 8.46. The summed E-state index contributed by atoms with van der Waals surface area (Å²) in [6, 6.07) is 51.2. The molecule has 2 aliphatic rings. The number of fused-ring (bicyclic) bond motifs is 1. The van der Waals surface area contributed by atoms with Crippen LogP contribution >= 0.6 is 0 Å². The number of nitrogens with zero attached hydrogens (tertiary/aromatic N) is 3. The van der Waals surface area contributed by atoms with E-state index in [2.05, 4.69) is 126 Å². The van der Waals surface area contributed by atoms with Gasteiger partial charge in [-0.05, 0) is 50.2 Å². The summed E-state index contributed by atoms with van der Waals surface area (Å²) >= 11 is 0. The van der Waals surface area contributed by atoms with Crippen LogP contribution in [0.15, 0.2) is 173 Å². The number of hydrogen-bond donors (Lipinski definition) is 1. The zero-order valence-electron chi connectivity index (χ0n) is 24.6. The van der Waals surface area contributed by atoms with Gasteiger partial charge < -0.3 is 5.32 Å². The molecule has 0 saturated heterocycles. The van der Waals surface area contributed by atoms with E-state index in [0.29, 0.717) is 0 Å². The molecule has 0 spiro atoms. The molecule has 1 N–H and O–H groups in total. The second-order valence-electron chi connectivity index (χ2n) is 11.3. The minimum Gasteiger partial charge on any atom is -0.344 e. The number of rotatable bonds is 6. The monoisotopic (exact) mass is 578 g/mol. The number of nitrogens with one attached hydrogen (secondary N) is 1. The quantitative estimate of drug-likeness (QED) is 0.210. The number of hydrogen-bond acceptors (Lipinski definition) is 4. The molecule has 0 bridgehead atoms. The van der Waals surface area contributed by atoms with E-state index in [1.54, 1.807) is 0 Å². The molecule has 0 saturated carbocycles. The van der Waals surface area contributed by atoms with E-state index < -0.39 is 0 Å². The van der Waals surface area contributed by atoms with Gasteiger partial charge in [-0.3, -0.25) is 4.99 Å². The first kappa shape index (κ1) is 26.7. The van der Waals surface area contributed by atoms with Gasteiger partial charge in [-0.25, -0.2) is 9.98 Å². The molecule has 2 heterocycles. The van der Waals surface area contributed by atoms with Crippen molar-refractivity contribution in [2.24, 2.45) is 15.0 Å². The highest BCUT2D eigenvalue weighted by molar-refractivity contribution is 6.13. The molecular formula is C41H30N4. The van der Waals surface area contributed by atoms with Crippen molar-refractivity contribution in [2.75, 3.05) is 0 Å². The van der Waals surface area contributed by atoms with Gasteiger partial charge in [-0.15, -0.1) is 0 Å². The van der Waals surface area contributed by atoms with E-state index in [0.717, 1.165) is 33.9 Å². The summed E-state index contributed by atoms with van der Waals surface area (Å²) < 4.78 is 0. The highest BCUT2D eigenvalue weighted by Crippen LogP contribution is 2.39. The average molecular weight is 579 g/mol. The Morgan fingerprint density at radius 1 is 0.533 bits per heavy atom. The highest BCUT2D eigenvalue weighted by atomic mass is 15.2. The highest BCUT2D eigenvalue weighted by Gasteiger charge is 2.21. The van der Waals surface area contributed by atoms with Crippen molar-refractivity contribution in [1.82, 2.24) is 5.32 Å². The summed E-state index contributed by atoms with van der Waals surface area (Å²) in [6.45, 7) is 0. The van der Waals surface area contributed by atoms with Crippen LogP contribution in [-0.2, 0) is 0 Å². The summed E-state index contributed by atoms with van der Waals surface area (Å²) in [6.07, 6.45) is 5.74. The number of aliphatic imine (C=N–C) groups is 3. The lowest BCUT2D eigenvalue weighted by atomic mass is 9.89. The lowest BCUT2D eigenvalue weighted by molar-refractivity contribution is 0.674.